The number of hydrogen-bond acceptors (Lipinski definition) is 4. The molecule has 1 saturated heterocycles. The topological polar surface area (TPSA) is 71.5 Å². The van der Waals surface area contributed by atoms with Crippen LogP contribution >= 0.6 is 0 Å². The zero-order chi connectivity index (χ0) is 16.7. The summed E-state index contributed by atoms with van der Waals surface area (Å²) in [6.07, 6.45) is 7.22. The Morgan fingerprint density at radius 1 is 1.35 bits per heavy atom. The van der Waals surface area contributed by atoms with E-state index in [1.807, 2.05) is 4.90 Å². The van der Waals surface area contributed by atoms with Crippen LogP contribution in [0.5, 0.6) is 0 Å². The SMILES string of the molecule is CCC1CCCCN1C(=O)c1cncc(C(=O)NCCOC)c1. The minimum Gasteiger partial charge on any atom is -0.383 e. The van der Waals surface area contributed by atoms with Gasteiger partial charge in [0.2, 0.25) is 0 Å². The number of aromatic nitrogens is 1. The van der Waals surface area contributed by atoms with Gasteiger partial charge in [-0.3, -0.25) is 14.6 Å². The smallest absolute Gasteiger partial charge is 0.255 e. The number of carbonyl (C=O) groups excluding carboxylic acids is 2. The summed E-state index contributed by atoms with van der Waals surface area (Å²) < 4.78 is 4.90. The highest BCUT2D eigenvalue weighted by Crippen LogP contribution is 2.21. The average molecular weight is 319 g/mol. The molecule has 1 aromatic rings. The van der Waals surface area contributed by atoms with Crippen LogP contribution in [0.3, 0.4) is 0 Å². The van der Waals surface area contributed by atoms with E-state index in [4.69, 9.17) is 4.74 Å². The lowest BCUT2D eigenvalue weighted by Crippen LogP contribution is -2.43. The molecule has 2 heterocycles. The number of carbonyl (C=O) groups is 2. The number of piperidine rings is 1. The van der Waals surface area contributed by atoms with Crippen molar-refractivity contribution in [1.82, 2.24) is 15.2 Å². The minimum atomic E-state index is -0.241. The van der Waals surface area contributed by atoms with Crippen LogP contribution in [0.25, 0.3) is 0 Å². The Morgan fingerprint density at radius 2 is 2.13 bits per heavy atom. The van der Waals surface area contributed by atoms with Gasteiger partial charge in [0.15, 0.2) is 0 Å². The first-order chi connectivity index (χ1) is 11.2. The van der Waals surface area contributed by atoms with E-state index in [0.717, 1.165) is 25.8 Å². The van der Waals surface area contributed by atoms with Gasteiger partial charge in [-0.25, -0.2) is 0 Å². The van der Waals surface area contributed by atoms with Gasteiger partial charge in [0.05, 0.1) is 17.7 Å². The second-order valence-corrected chi connectivity index (χ2v) is 5.77. The first-order valence-corrected chi connectivity index (χ1v) is 8.20. The van der Waals surface area contributed by atoms with E-state index in [-0.39, 0.29) is 17.9 Å². The summed E-state index contributed by atoms with van der Waals surface area (Å²) in [6.45, 7) is 3.76. The average Bonchev–Trinajstić information content (AvgIpc) is 2.61. The van der Waals surface area contributed by atoms with E-state index in [9.17, 15) is 9.59 Å². The van der Waals surface area contributed by atoms with Crippen LogP contribution < -0.4 is 5.32 Å². The maximum Gasteiger partial charge on any atom is 0.255 e. The lowest BCUT2D eigenvalue weighted by Gasteiger charge is -2.35. The molecular weight excluding hydrogens is 294 g/mol. The highest BCUT2D eigenvalue weighted by atomic mass is 16.5. The quantitative estimate of drug-likeness (QED) is 0.813. The summed E-state index contributed by atoms with van der Waals surface area (Å²) in [6, 6.07) is 1.91. The fourth-order valence-electron chi connectivity index (χ4n) is 2.91. The van der Waals surface area contributed by atoms with Crippen molar-refractivity contribution in [3.8, 4) is 0 Å². The molecule has 1 fully saturated rings. The van der Waals surface area contributed by atoms with Crippen LogP contribution in [0.4, 0.5) is 0 Å². The number of likely N-dealkylation sites (tertiary alicyclic amines) is 1. The van der Waals surface area contributed by atoms with Crippen molar-refractivity contribution in [3.05, 3.63) is 29.6 Å². The zero-order valence-electron chi connectivity index (χ0n) is 13.9. The highest BCUT2D eigenvalue weighted by molar-refractivity contribution is 5.99. The third-order valence-corrected chi connectivity index (χ3v) is 4.20. The van der Waals surface area contributed by atoms with Crippen molar-refractivity contribution >= 4 is 11.8 Å². The molecule has 2 rings (SSSR count). The molecule has 6 nitrogen and oxygen atoms in total. The molecule has 0 aliphatic carbocycles. The standard InChI is InChI=1S/C17H25N3O3/c1-3-15-6-4-5-8-20(15)17(22)14-10-13(11-18-12-14)16(21)19-7-9-23-2/h10-12,15H,3-9H2,1-2H3,(H,19,21). The fraction of sp³-hybridized carbons (Fsp3) is 0.588. The molecule has 0 aromatic carbocycles. The monoisotopic (exact) mass is 319 g/mol. The van der Waals surface area contributed by atoms with Crippen LogP contribution in [0.2, 0.25) is 0 Å². The zero-order valence-corrected chi connectivity index (χ0v) is 13.9. The van der Waals surface area contributed by atoms with Gasteiger partial charge < -0.3 is 15.0 Å². The summed E-state index contributed by atoms with van der Waals surface area (Å²) in [5.74, 6) is -0.273. The van der Waals surface area contributed by atoms with E-state index >= 15 is 0 Å². The molecule has 1 aromatic heterocycles. The summed E-state index contributed by atoms with van der Waals surface area (Å²) in [7, 11) is 1.58. The lowest BCUT2D eigenvalue weighted by atomic mass is 9.99. The Balaban J connectivity index is 2.09. The van der Waals surface area contributed by atoms with Crippen molar-refractivity contribution in [3.63, 3.8) is 0 Å². The summed E-state index contributed by atoms with van der Waals surface area (Å²) in [5.41, 5.74) is 0.877. The number of pyridine rings is 1. The predicted molar refractivity (Wildman–Crippen MR) is 87.4 cm³/mol. The molecule has 6 heteroatoms. The Hall–Kier alpha value is -1.95. The molecular formula is C17H25N3O3. The second-order valence-electron chi connectivity index (χ2n) is 5.77. The van der Waals surface area contributed by atoms with Gasteiger partial charge in [-0.2, -0.15) is 0 Å². The number of hydrogen-bond donors (Lipinski definition) is 1. The first kappa shape index (κ1) is 17.4. The first-order valence-electron chi connectivity index (χ1n) is 8.20. The molecule has 0 saturated carbocycles. The maximum absolute atomic E-state index is 12.7. The fourth-order valence-corrected chi connectivity index (χ4v) is 2.91. The van der Waals surface area contributed by atoms with E-state index < -0.39 is 0 Å². The van der Waals surface area contributed by atoms with Crippen molar-refractivity contribution < 1.29 is 14.3 Å². The number of rotatable bonds is 6. The van der Waals surface area contributed by atoms with Crippen LogP contribution in [0.1, 0.15) is 53.3 Å². The van der Waals surface area contributed by atoms with Crippen molar-refractivity contribution in [2.45, 2.75) is 38.6 Å². The summed E-state index contributed by atoms with van der Waals surface area (Å²) >= 11 is 0. The normalized spacial score (nSPS) is 17.8. The largest absolute Gasteiger partial charge is 0.383 e. The molecule has 1 aliphatic heterocycles. The van der Waals surface area contributed by atoms with Gasteiger partial charge in [0, 0.05) is 38.6 Å². The predicted octanol–water partition coefficient (Wildman–Crippen LogP) is 1.86. The molecule has 1 N–H and O–H groups in total. The number of nitrogens with zero attached hydrogens (tertiary/aromatic N) is 2. The van der Waals surface area contributed by atoms with Gasteiger partial charge in [0.25, 0.3) is 11.8 Å². The summed E-state index contributed by atoms with van der Waals surface area (Å²) in [4.78, 5) is 30.8. The lowest BCUT2D eigenvalue weighted by molar-refractivity contribution is 0.0607. The Labute approximate surface area is 137 Å². The van der Waals surface area contributed by atoms with Crippen LogP contribution in [0.15, 0.2) is 18.5 Å². The molecule has 0 spiro atoms. The number of ether oxygens (including phenoxy) is 1. The molecule has 2 amide bonds. The van der Waals surface area contributed by atoms with E-state index in [1.165, 1.54) is 18.8 Å². The van der Waals surface area contributed by atoms with Crippen molar-refractivity contribution in [1.29, 1.82) is 0 Å². The van der Waals surface area contributed by atoms with Crippen molar-refractivity contribution in [2.75, 3.05) is 26.8 Å². The van der Waals surface area contributed by atoms with E-state index in [2.05, 4.69) is 17.2 Å². The minimum absolute atomic E-state index is 0.0319. The van der Waals surface area contributed by atoms with Crippen LogP contribution in [-0.2, 0) is 4.74 Å². The Kier molecular flexibility index (Phi) is 6.52. The van der Waals surface area contributed by atoms with Crippen LogP contribution in [0, 0.1) is 0 Å². The van der Waals surface area contributed by atoms with Crippen molar-refractivity contribution in [2.24, 2.45) is 0 Å². The van der Waals surface area contributed by atoms with Gasteiger partial charge in [-0.05, 0) is 31.7 Å². The van der Waals surface area contributed by atoms with E-state index in [0.29, 0.717) is 24.3 Å². The molecule has 23 heavy (non-hydrogen) atoms. The second kappa shape index (κ2) is 8.62. The molecule has 1 atom stereocenters. The molecule has 1 aliphatic rings. The van der Waals surface area contributed by atoms with Crippen LogP contribution in [-0.4, -0.2) is 54.5 Å². The number of methoxy groups -OCH3 is 1. The van der Waals surface area contributed by atoms with Gasteiger partial charge >= 0.3 is 0 Å². The Bertz CT molecular complexity index is 548. The van der Waals surface area contributed by atoms with Gasteiger partial charge in [-0.15, -0.1) is 0 Å². The molecule has 0 bridgehead atoms. The highest BCUT2D eigenvalue weighted by Gasteiger charge is 2.26. The number of nitrogens with one attached hydrogen (secondary N) is 1. The summed E-state index contributed by atoms with van der Waals surface area (Å²) in [5, 5.41) is 2.74. The maximum atomic E-state index is 12.7. The third kappa shape index (κ3) is 4.51. The van der Waals surface area contributed by atoms with Gasteiger partial charge in [-0.1, -0.05) is 6.92 Å². The molecule has 0 radical (unpaired) electrons. The van der Waals surface area contributed by atoms with Gasteiger partial charge in [0.1, 0.15) is 0 Å². The number of amides is 2. The third-order valence-electron chi connectivity index (χ3n) is 4.20. The molecule has 126 valence electrons. The molecule has 1 unspecified atom stereocenters. The Morgan fingerprint density at radius 3 is 2.87 bits per heavy atom. The van der Waals surface area contributed by atoms with E-state index in [1.54, 1.807) is 13.2 Å².